The molecule has 2 aromatic heterocycles. The zero-order chi connectivity index (χ0) is 17.2. The van der Waals surface area contributed by atoms with E-state index in [0.717, 1.165) is 15.8 Å². The summed E-state index contributed by atoms with van der Waals surface area (Å²) in [5.74, 6) is -0.243. The third-order valence-electron chi connectivity index (χ3n) is 3.69. The van der Waals surface area contributed by atoms with Gasteiger partial charge in [-0.05, 0) is 47.8 Å². The number of ether oxygens (including phenoxy) is 1. The molecule has 0 spiro atoms. The highest BCUT2D eigenvalue weighted by Gasteiger charge is 2.13. The van der Waals surface area contributed by atoms with E-state index in [0.29, 0.717) is 17.0 Å². The molecule has 0 unspecified atom stereocenters. The number of carbonyl (C=O) groups is 1. The van der Waals surface area contributed by atoms with Crippen LogP contribution in [0.15, 0.2) is 64.5 Å². The number of esters is 1. The molecule has 0 N–H and O–H groups in total. The minimum atomic E-state index is -0.333. The molecule has 2 aromatic carbocycles. The minimum Gasteiger partial charge on any atom is -0.426 e. The molecule has 6 heteroatoms. The maximum atomic E-state index is 13.1. The summed E-state index contributed by atoms with van der Waals surface area (Å²) in [4.78, 5) is 12.9. The van der Waals surface area contributed by atoms with Crippen molar-refractivity contribution in [2.45, 2.75) is 6.42 Å². The molecule has 0 atom stereocenters. The maximum absolute atomic E-state index is 13.1. The van der Waals surface area contributed by atoms with Gasteiger partial charge in [-0.1, -0.05) is 11.2 Å². The Morgan fingerprint density at radius 3 is 2.76 bits per heavy atom. The Balaban J connectivity index is 1.57. The average Bonchev–Trinajstić information content (AvgIpc) is 3.25. The number of fused-ring (bicyclic) bond motifs is 1. The second kappa shape index (κ2) is 6.49. The number of thiophene rings is 1. The van der Waals surface area contributed by atoms with Crippen LogP contribution in [0.3, 0.4) is 0 Å². The van der Waals surface area contributed by atoms with Gasteiger partial charge in [0.15, 0.2) is 5.58 Å². The summed E-state index contributed by atoms with van der Waals surface area (Å²) < 4.78 is 23.7. The van der Waals surface area contributed by atoms with Crippen LogP contribution in [0.2, 0.25) is 0 Å². The van der Waals surface area contributed by atoms with Crippen LogP contribution >= 0.6 is 11.3 Å². The van der Waals surface area contributed by atoms with Crippen molar-refractivity contribution in [3.8, 4) is 17.0 Å². The maximum Gasteiger partial charge on any atom is 0.316 e. The summed E-state index contributed by atoms with van der Waals surface area (Å²) in [5, 5.41) is 6.73. The second-order valence-corrected chi connectivity index (χ2v) is 6.46. The SMILES string of the molecule is O=C(Cc1cccs1)Oc1ccc2c(-c3ccc(F)cc3)noc2c1. The lowest BCUT2D eigenvalue weighted by atomic mass is 10.1. The van der Waals surface area contributed by atoms with E-state index in [9.17, 15) is 9.18 Å². The second-order valence-electron chi connectivity index (χ2n) is 5.43. The number of halogens is 1. The first-order valence-electron chi connectivity index (χ1n) is 7.57. The quantitative estimate of drug-likeness (QED) is 0.389. The van der Waals surface area contributed by atoms with Gasteiger partial charge in [-0.2, -0.15) is 0 Å². The lowest BCUT2D eigenvalue weighted by Crippen LogP contribution is -2.10. The van der Waals surface area contributed by atoms with Gasteiger partial charge in [-0.3, -0.25) is 4.79 Å². The number of rotatable bonds is 4. The van der Waals surface area contributed by atoms with Crippen LogP contribution in [0.4, 0.5) is 4.39 Å². The molecule has 0 saturated heterocycles. The molecular weight excluding hydrogens is 341 g/mol. The summed E-state index contributed by atoms with van der Waals surface area (Å²) in [7, 11) is 0. The van der Waals surface area contributed by atoms with Crippen molar-refractivity contribution < 1.29 is 18.4 Å². The van der Waals surface area contributed by atoms with Gasteiger partial charge < -0.3 is 9.26 Å². The smallest absolute Gasteiger partial charge is 0.316 e. The van der Waals surface area contributed by atoms with Crippen LogP contribution in [0.25, 0.3) is 22.2 Å². The Morgan fingerprint density at radius 1 is 1.16 bits per heavy atom. The first-order chi connectivity index (χ1) is 12.2. The molecule has 0 bridgehead atoms. The largest absolute Gasteiger partial charge is 0.426 e. The molecule has 4 aromatic rings. The van der Waals surface area contributed by atoms with Crippen molar-refractivity contribution >= 4 is 28.3 Å². The Bertz CT molecular complexity index is 1020. The van der Waals surface area contributed by atoms with Crippen LogP contribution in [0.1, 0.15) is 4.88 Å². The highest BCUT2D eigenvalue weighted by atomic mass is 32.1. The zero-order valence-corrected chi connectivity index (χ0v) is 13.8. The van der Waals surface area contributed by atoms with Crippen LogP contribution in [-0.2, 0) is 11.2 Å². The Hall–Kier alpha value is -2.99. The summed E-state index contributed by atoms with van der Waals surface area (Å²) in [5.41, 5.74) is 1.87. The highest BCUT2D eigenvalue weighted by Crippen LogP contribution is 2.30. The van der Waals surface area contributed by atoms with Crippen molar-refractivity contribution in [1.29, 1.82) is 0 Å². The Morgan fingerprint density at radius 2 is 2.00 bits per heavy atom. The van der Waals surface area contributed by atoms with E-state index in [1.54, 1.807) is 30.3 Å². The van der Waals surface area contributed by atoms with Crippen molar-refractivity contribution in [3.05, 3.63) is 70.7 Å². The molecule has 2 heterocycles. The first-order valence-corrected chi connectivity index (χ1v) is 8.45. The summed E-state index contributed by atoms with van der Waals surface area (Å²) in [6.07, 6.45) is 0.229. The Kier molecular flexibility index (Phi) is 4.03. The Labute approximate surface area is 146 Å². The first kappa shape index (κ1) is 15.5. The lowest BCUT2D eigenvalue weighted by Gasteiger charge is -2.03. The normalized spacial score (nSPS) is 10.9. The minimum absolute atomic E-state index is 0.229. The predicted octanol–water partition coefficient (Wildman–Crippen LogP) is 4.84. The van der Waals surface area contributed by atoms with E-state index in [2.05, 4.69) is 5.16 Å². The third kappa shape index (κ3) is 3.29. The van der Waals surface area contributed by atoms with Crippen molar-refractivity contribution in [1.82, 2.24) is 5.16 Å². The van der Waals surface area contributed by atoms with Gasteiger partial charge >= 0.3 is 5.97 Å². The molecule has 25 heavy (non-hydrogen) atoms. The van der Waals surface area contributed by atoms with E-state index in [1.807, 2.05) is 17.5 Å². The van der Waals surface area contributed by atoms with Crippen LogP contribution in [0.5, 0.6) is 5.75 Å². The van der Waals surface area contributed by atoms with E-state index in [-0.39, 0.29) is 18.2 Å². The van der Waals surface area contributed by atoms with Gasteiger partial charge in [0.1, 0.15) is 17.3 Å². The number of carbonyl (C=O) groups excluding carboxylic acids is 1. The van der Waals surface area contributed by atoms with Crippen LogP contribution in [0, 0.1) is 5.82 Å². The summed E-state index contributed by atoms with van der Waals surface area (Å²) in [6.45, 7) is 0. The zero-order valence-electron chi connectivity index (χ0n) is 12.9. The summed E-state index contributed by atoms with van der Waals surface area (Å²) in [6, 6.07) is 14.9. The lowest BCUT2D eigenvalue weighted by molar-refractivity contribution is -0.133. The average molecular weight is 353 g/mol. The molecule has 0 amide bonds. The molecule has 4 nitrogen and oxygen atoms in total. The summed E-state index contributed by atoms with van der Waals surface area (Å²) >= 11 is 1.51. The third-order valence-corrected chi connectivity index (χ3v) is 4.57. The van der Waals surface area contributed by atoms with Gasteiger partial charge in [0, 0.05) is 21.9 Å². The molecular formula is C19H12FNO3S. The molecule has 4 rings (SSSR count). The van der Waals surface area contributed by atoms with Gasteiger partial charge in [-0.25, -0.2) is 4.39 Å². The molecule has 0 aliphatic heterocycles. The number of aromatic nitrogens is 1. The van der Waals surface area contributed by atoms with Crippen LogP contribution in [-0.4, -0.2) is 11.1 Å². The number of hydrogen-bond donors (Lipinski definition) is 0. The van der Waals surface area contributed by atoms with E-state index < -0.39 is 0 Å². The number of nitrogens with zero attached hydrogens (tertiary/aromatic N) is 1. The topological polar surface area (TPSA) is 52.3 Å². The number of benzene rings is 2. The molecule has 0 radical (unpaired) electrons. The van der Waals surface area contributed by atoms with Gasteiger partial charge in [0.2, 0.25) is 0 Å². The van der Waals surface area contributed by atoms with E-state index in [1.165, 1.54) is 23.5 Å². The van der Waals surface area contributed by atoms with Gasteiger partial charge in [-0.15, -0.1) is 11.3 Å². The predicted molar refractivity (Wildman–Crippen MR) is 93.1 cm³/mol. The molecule has 0 aliphatic rings. The number of hydrogen-bond acceptors (Lipinski definition) is 5. The fraction of sp³-hybridized carbons (Fsp3) is 0.0526. The molecule has 0 aliphatic carbocycles. The molecule has 0 saturated carbocycles. The highest BCUT2D eigenvalue weighted by molar-refractivity contribution is 7.10. The standard InChI is InChI=1S/C19H12FNO3S/c20-13-5-3-12(4-6-13)19-16-8-7-14(10-17(16)24-21-19)23-18(22)11-15-2-1-9-25-15/h1-10H,11H2. The van der Waals surface area contributed by atoms with Crippen LogP contribution < -0.4 is 4.74 Å². The molecule has 124 valence electrons. The van der Waals surface area contributed by atoms with Crippen molar-refractivity contribution in [2.75, 3.05) is 0 Å². The van der Waals surface area contributed by atoms with Crippen molar-refractivity contribution in [3.63, 3.8) is 0 Å². The molecule has 0 fully saturated rings. The van der Waals surface area contributed by atoms with E-state index >= 15 is 0 Å². The fourth-order valence-corrected chi connectivity index (χ4v) is 3.21. The monoisotopic (exact) mass is 353 g/mol. The van der Waals surface area contributed by atoms with Gasteiger partial charge in [0.25, 0.3) is 0 Å². The van der Waals surface area contributed by atoms with E-state index in [4.69, 9.17) is 9.26 Å². The van der Waals surface area contributed by atoms with Gasteiger partial charge in [0.05, 0.1) is 6.42 Å². The fourth-order valence-electron chi connectivity index (χ4n) is 2.52. The van der Waals surface area contributed by atoms with Crippen molar-refractivity contribution in [2.24, 2.45) is 0 Å².